The second-order valence-corrected chi connectivity index (χ2v) is 6.46. The van der Waals surface area contributed by atoms with Crippen LogP contribution in [-0.4, -0.2) is 37.7 Å². The number of aryl methyl sites for hydroxylation is 1. The summed E-state index contributed by atoms with van der Waals surface area (Å²) in [7, 11) is 0. The van der Waals surface area contributed by atoms with E-state index in [4.69, 9.17) is 4.74 Å². The van der Waals surface area contributed by atoms with Crippen LogP contribution in [0.25, 0.3) is 0 Å². The lowest BCUT2D eigenvalue weighted by Crippen LogP contribution is -3.16. The molecule has 2 N–H and O–H groups in total. The van der Waals surface area contributed by atoms with Gasteiger partial charge in [0.15, 0.2) is 6.54 Å². The lowest BCUT2D eigenvalue weighted by molar-refractivity contribution is -0.907. The monoisotopic (exact) mass is 341 g/mol. The highest BCUT2D eigenvalue weighted by Crippen LogP contribution is 2.20. The summed E-state index contributed by atoms with van der Waals surface area (Å²) in [6.07, 6.45) is 0.435. The molecule has 1 aromatic carbocycles. The van der Waals surface area contributed by atoms with E-state index in [9.17, 15) is 4.79 Å². The van der Waals surface area contributed by atoms with Crippen LogP contribution in [0.5, 0.6) is 0 Å². The van der Waals surface area contributed by atoms with Gasteiger partial charge in [-0.05, 0) is 38.5 Å². The minimum Gasteiger partial charge on any atom is -0.364 e. The third-order valence-corrected chi connectivity index (χ3v) is 4.34. The van der Waals surface area contributed by atoms with Crippen molar-refractivity contribution in [1.29, 1.82) is 0 Å². The Morgan fingerprint density at radius 2 is 2.05 bits per heavy atom. The Morgan fingerprint density at radius 3 is 2.65 bits per heavy atom. The minimum atomic E-state index is 0.0528. The molecule has 110 valence electrons. The van der Waals surface area contributed by atoms with Gasteiger partial charge in [0.1, 0.15) is 25.3 Å². The Balaban J connectivity index is 1.90. The van der Waals surface area contributed by atoms with Crippen molar-refractivity contribution in [3.63, 3.8) is 0 Å². The number of ether oxygens (including phenoxy) is 1. The van der Waals surface area contributed by atoms with Crippen LogP contribution in [0.15, 0.2) is 22.7 Å². The number of amides is 1. The predicted molar refractivity (Wildman–Crippen MR) is 83.1 cm³/mol. The van der Waals surface area contributed by atoms with Crippen molar-refractivity contribution in [2.24, 2.45) is 0 Å². The highest BCUT2D eigenvalue weighted by molar-refractivity contribution is 9.10. The molecule has 1 amide bonds. The molecule has 1 aliphatic heterocycles. The van der Waals surface area contributed by atoms with E-state index in [0.717, 1.165) is 28.8 Å². The van der Waals surface area contributed by atoms with Crippen LogP contribution in [0, 0.1) is 6.92 Å². The van der Waals surface area contributed by atoms with Gasteiger partial charge in [-0.15, -0.1) is 0 Å². The summed E-state index contributed by atoms with van der Waals surface area (Å²) in [5.74, 6) is 0.0528. The number of rotatable bonds is 3. The van der Waals surface area contributed by atoms with Gasteiger partial charge in [-0.25, -0.2) is 0 Å². The number of carbonyl (C=O) groups is 1. The molecule has 0 radical (unpaired) electrons. The van der Waals surface area contributed by atoms with E-state index in [1.54, 1.807) is 0 Å². The predicted octanol–water partition coefficient (Wildman–Crippen LogP) is 1.39. The lowest BCUT2D eigenvalue weighted by atomic mass is 10.2. The molecule has 20 heavy (non-hydrogen) atoms. The Labute approximate surface area is 128 Å². The molecule has 0 aliphatic carbocycles. The third-order valence-electron chi connectivity index (χ3n) is 3.48. The molecule has 1 fully saturated rings. The number of morpholine rings is 1. The second-order valence-electron chi connectivity index (χ2n) is 5.60. The van der Waals surface area contributed by atoms with Crippen LogP contribution in [0.1, 0.15) is 19.4 Å². The van der Waals surface area contributed by atoms with Crippen molar-refractivity contribution in [2.45, 2.75) is 33.0 Å². The first-order chi connectivity index (χ1) is 9.44. The summed E-state index contributed by atoms with van der Waals surface area (Å²) < 4.78 is 6.70. The molecule has 5 heteroatoms. The average molecular weight is 342 g/mol. The summed E-state index contributed by atoms with van der Waals surface area (Å²) in [6, 6.07) is 5.86. The number of halogens is 1. The zero-order valence-electron chi connectivity index (χ0n) is 12.2. The number of benzene rings is 1. The highest BCUT2D eigenvalue weighted by Gasteiger charge is 2.27. The van der Waals surface area contributed by atoms with E-state index >= 15 is 0 Å². The summed E-state index contributed by atoms with van der Waals surface area (Å²) in [5.41, 5.74) is 1.99. The summed E-state index contributed by atoms with van der Waals surface area (Å²) >= 11 is 3.48. The molecule has 0 bridgehead atoms. The topological polar surface area (TPSA) is 42.8 Å². The van der Waals surface area contributed by atoms with Gasteiger partial charge in [0.25, 0.3) is 5.91 Å². The third kappa shape index (κ3) is 4.30. The van der Waals surface area contributed by atoms with Gasteiger partial charge < -0.3 is 15.0 Å². The second kappa shape index (κ2) is 6.70. The van der Waals surface area contributed by atoms with E-state index in [1.165, 1.54) is 4.90 Å². The van der Waals surface area contributed by atoms with Crippen LogP contribution < -0.4 is 10.2 Å². The molecule has 0 unspecified atom stereocenters. The molecule has 1 aromatic rings. The number of quaternary nitrogens is 1. The molecule has 2 atom stereocenters. The standard InChI is InChI=1S/C15H21BrN2O2/c1-10-4-5-13(6-14(10)16)17-15(19)9-18-7-11(2)20-12(3)8-18/h4-6,11-12H,7-9H2,1-3H3,(H,17,19)/p+1/t11-,12-/m0/s1. The lowest BCUT2D eigenvalue weighted by Gasteiger charge is -2.31. The number of hydrogen-bond donors (Lipinski definition) is 2. The molecule has 0 saturated carbocycles. The van der Waals surface area contributed by atoms with Crippen LogP contribution in [0.3, 0.4) is 0 Å². The smallest absolute Gasteiger partial charge is 0.279 e. The number of hydrogen-bond acceptors (Lipinski definition) is 2. The van der Waals surface area contributed by atoms with E-state index in [1.807, 2.05) is 25.1 Å². The quantitative estimate of drug-likeness (QED) is 0.872. The SMILES string of the molecule is Cc1ccc(NC(=O)C[NH+]2C[C@H](C)O[C@@H](C)C2)cc1Br. The fourth-order valence-corrected chi connectivity index (χ4v) is 3.02. The van der Waals surface area contributed by atoms with Gasteiger partial charge in [0.05, 0.1) is 0 Å². The minimum absolute atomic E-state index is 0.0528. The first-order valence-electron chi connectivity index (χ1n) is 6.99. The van der Waals surface area contributed by atoms with Gasteiger partial charge in [-0.3, -0.25) is 4.79 Å². The normalized spacial score (nSPS) is 26.3. The summed E-state index contributed by atoms with van der Waals surface area (Å²) in [4.78, 5) is 13.4. The maximum absolute atomic E-state index is 12.1. The van der Waals surface area contributed by atoms with Crippen LogP contribution in [0.4, 0.5) is 5.69 Å². The molecule has 1 heterocycles. The highest BCUT2D eigenvalue weighted by atomic mass is 79.9. The van der Waals surface area contributed by atoms with Crippen LogP contribution in [0.2, 0.25) is 0 Å². The molecular weight excluding hydrogens is 320 g/mol. The number of anilines is 1. The molecule has 2 rings (SSSR count). The zero-order valence-corrected chi connectivity index (χ0v) is 13.8. The van der Waals surface area contributed by atoms with Crippen molar-refractivity contribution >= 4 is 27.5 Å². The fraction of sp³-hybridized carbons (Fsp3) is 0.533. The fourth-order valence-electron chi connectivity index (χ4n) is 2.64. The molecule has 0 aromatic heterocycles. The Kier molecular flexibility index (Phi) is 5.18. The Hall–Kier alpha value is -0.910. The Bertz CT molecular complexity index is 483. The van der Waals surface area contributed by atoms with E-state index < -0.39 is 0 Å². The van der Waals surface area contributed by atoms with Crippen molar-refractivity contribution in [1.82, 2.24) is 0 Å². The maximum Gasteiger partial charge on any atom is 0.279 e. The van der Waals surface area contributed by atoms with Crippen LogP contribution in [-0.2, 0) is 9.53 Å². The number of nitrogens with one attached hydrogen (secondary N) is 2. The van der Waals surface area contributed by atoms with Crippen molar-refractivity contribution < 1.29 is 14.4 Å². The van der Waals surface area contributed by atoms with Gasteiger partial charge in [-0.2, -0.15) is 0 Å². The zero-order chi connectivity index (χ0) is 14.7. The van der Waals surface area contributed by atoms with Crippen molar-refractivity contribution in [3.05, 3.63) is 28.2 Å². The van der Waals surface area contributed by atoms with Gasteiger partial charge in [0.2, 0.25) is 0 Å². The summed E-state index contributed by atoms with van der Waals surface area (Å²) in [5, 5.41) is 2.96. The molecular formula is C15H22BrN2O2+. The molecule has 1 saturated heterocycles. The molecule has 1 aliphatic rings. The first kappa shape index (κ1) is 15.5. The van der Waals surface area contributed by atoms with E-state index in [2.05, 4.69) is 35.1 Å². The Morgan fingerprint density at radius 1 is 1.40 bits per heavy atom. The van der Waals surface area contributed by atoms with Gasteiger partial charge in [0, 0.05) is 10.2 Å². The molecule has 0 spiro atoms. The van der Waals surface area contributed by atoms with Crippen LogP contribution >= 0.6 is 15.9 Å². The largest absolute Gasteiger partial charge is 0.364 e. The summed E-state index contributed by atoms with van der Waals surface area (Å²) in [6.45, 7) is 8.40. The van der Waals surface area contributed by atoms with Crippen molar-refractivity contribution in [2.75, 3.05) is 25.0 Å². The average Bonchev–Trinajstić information content (AvgIpc) is 2.32. The van der Waals surface area contributed by atoms with Crippen molar-refractivity contribution in [3.8, 4) is 0 Å². The van der Waals surface area contributed by atoms with E-state index in [-0.39, 0.29) is 18.1 Å². The first-order valence-corrected chi connectivity index (χ1v) is 7.78. The molecule has 4 nitrogen and oxygen atoms in total. The van der Waals surface area contributed by atoms with Gasteiger partial charge >= 0.3 is 0 Å². The van der Waals surface area contributed by atoms with Gasteiger partial charge in [-0.1, -0.05) is 22.0 Å². The maximum atomic E-state index is 12.1. The number of carbonyl (C=O) groups excluding carboxylic acids is 1. The van der Waals surface area contributed by atoms with E-state index in [0.29, 0.717) is 6.54 Å².